The maximum Gasteiger partial charge on any atom is 0.135 e. The summed E-state index contributed by atoms with van der Waals surface area (Å²) in [7, 11) is 3.27. The van der Waals surface area contributed by atoms with Crippen LogP contribution < -0.4 is 14.8 Å². The maximum atomic E-state index is 5.93. The Balaban J connectivity index is 1.86. The number of nitrogens with one attached hydrogen (secondary N) is 1. The molecule has 0 aliphatic rings. The number of pyridine rings is 2. The van der Waals surface area contributed by atoms with E-state index in [0.29, 0.717) is 11.7 Å². The summed E-state index contributed by atoms with van der Waals surface area (Å²) in [6.07, 6.45) is 3.46. The van der Waals surface area contributed by atoms with E-state index < -0.39 is 0 Å². The van der Waals surface area contributed by atoms with Gasteiger partial charge in [-0.25, -0.2) is 9.97 Å². The lowest BCUT2D eigenvalue weighted by Crippen LogP contribution is -2.04. The monoisotopic (exact) mass is 329 g/mol. The SMILES string of the molecule is COc1ccc(CNc2nccc3cc(Cl)ncc23)c(OC)c1. The normalized spacial score (nSPS) is 10.6. The first-order valence-electron chi connectivity index (χ1n) is 7.06. The maximum absolute atomic E-state index is 5.93. The summed E-state index contributed by atoms with van der Waals surface area (Å²) in [6, 6.07) is 9.44. The Morgan fingerprint density at radius 3 is 2.74 bits per heavy atom. The fraction of sp³-hybridized carbons (Fsp3) is 0.176. The zero-order valence-corrected chi connectivity index (χ0v) is 13.6. The van der Waals surface area contributed by atoms with Crippen molar-refractivity contribution < 1.29 is 9.47 Å². The summed E-state index contributed by atoms with van der Waals surface area (Å²) in [4.78, 5) is 8.50. The number of halogens is 1. The van der Waals surface area contributed by atoms with Crippen molar-refractivity contribution >= 4 is 28.2 Å². The van der Waals surface area contributed by atoms with Crippen LogP contribution in [0, 0.1) is 0 Å². The van der Waals surface area contributed by atoms with Crippen LogP contribution in [0.5, 0.6) is 11.5 Å². The van der Waals surface area contributed by atoms with Crippen molar-refractivity contribution in [2.24, 2.45) is 0 Å². The van der Waals surface area contributed by atoms with Gasteiger partial charge in [0.1, 0.15) is 22.5 Å². The molecule has 0 radical (unpaired) electrons. The van der Waals surface area contributed by atoms with Gasteiger partial charge in [-0.05, 0) is 29.7 Å². The molecule has 0 amide bonds. The van der Waals surface area contributed by atoms with Crippen LogP contribution in [0.25, 0.3) is 10.8 Å². The highest BCUT2D eigenvalue weighted by Gasteiger charge is 2.07. The van der Waals surface area contributed by atoms with E-state index in [9.17, 15) is 0 Å². The molecule has 0 aliphatic carbocycles. The summed E-state index contributed by atoms with van der Waals surface area (Å²) < 4.78 is 10.6. The van der Waals surface area contributed by atoms with E-state index in [1.807, 2.05) is 30.3 Å². The Morgan fingerprint density at radius 2 is 1.96 bits per heavy atom. The second-order valence-electron chi connectivity index (χ2n) is 4.92. The first kappa shape index (κ1) is 15.4. The number of methoxy groups -OCH3 is 2. The van der Waals surface area contributed by atoms with Crippen molar-refractivity contribution in [2.75, 3.05) is 19.5 Å². The van der Waals surface area contributed by atoms with Crippen molar-refractivity contribution in [2.45, 2.75) is 6.54 Å². The van der Waals surface area contributed by atoms with Gasteiger partial charge in [0.15, 0.2) is 0 Å². The fourth-order valence-corrected chi connectivity index (χ4v) is 2.53. The third-order valence-electron chi connectivity index (χ3n) is 3.56. The Bertz CT molecular complexity index is 839. The lowest BCUT2D eigenvalue weighted by atomic mass is 10.1. The molecular formula is C17H16ClN3O2. The van der Waals surface area contributed by atoms with Crippen LogP contribution in [0.15, 0.2) is 42.7 Å². The van der Waals surface area contributed by atoms with Gasteiger partial charge in [0.05, 0.1) is 14.2 Å². The average molecular weight is 330 g/mol. The van der Waals surface area contributed by atoms with E-state index >= 15 is 0 Å². The average Bonchev–Trinajstić information content (AvgIpc) is 2.59. The predicted octanol–water partition coefficient (Wildman–Crippen LogP) is 3.91. The smallest absolute Gasteiger partial charge is 0.135 e. The topological polar surface area (TPSA) is 56.3 Å². The molecule has 3 rings (SSSR count). The fourth-order valence-electron chi connectivity index (χ4n) is 2.36. The minimum atomic E-state index is 0.464. The molecule has 1 N–H and O–H groups in total. The zero-order valence-electron chi connectivity index (χ0n) is 12.8. The number of benzene rings is 1. The van der Waals surface area contributed by atoms with E-state index in [2.05, 4.69) is 15.3 Å². The molecule has 0 fully saturated rings. The van der Waals surface area contributed by atoms with Gasteiger partial charge in [0, 0.05) is 36.0 Å². The second-order valence-corrected chi connectivity index (χ2v) is 5.31. The molecule has 0 unspecified atom stereocenters. The van der Waals surface area contributed by atoms with Gasteiger partial charge in [-0.15, -0.1) is 0 Å². The molecule has 6 heteroatoms. The summed E-state index contributed by atoms with van der Waals surface area (Å²) in [6.45, 7) is 0.571. The number of ether oxygens (including phenoxy) is 2. The summed E-state index contributed by atoms with van der Waals surface area (Å²) in [5, 5.41) is 5.70. The third kappa shape index (κ3) is 3.29. The molecular weight excluding hydrogens is 314 g/mol. The molecule has 3 aromatic rings. The largest absolute Gasteiger partial charge is 0.497 e. The molecule has 118 valence electrons. The van der Waals surface area contributed by atoms with Crippen molar-refractivity contribution in [1.29, 1.82) is 0 Å². The number of hydrogen-bond donors (Lipinski definition) is 1. The highest BCUT2D eigenvalue weighted by atomic mass is 35.5. The van der Waals surface area contributed by atoms with Crippen molar-refractivity contribution in [3.8, 4) is 11.5 Å². The number of aromatic nitrogens is 2. The first-order valence-corrected chi connectivity index (χ1v) is 7.44. The quantitative estimate of drug-likeness (QED) is 0.719. The number of anilines is 1. The molecule has 0 bridgehead atoms. The molecule has 2 aromatic heterocycles. The Morgan fingerprint density at radius 1 is 1.09 bits per heavy atom. The molecule has 5 nitrogen and oxygen atoms in total. The highest BCUT2D eigenvalue weighted by Crippen LogP contribution is 2.27. The van der Waals surface area contributed by atoms with Crippen LogP contribution in [0.1, 0.15) is 5.56 Å². The highest BCUT2D eigenvalue weighted by molar-refractivity contribution is 6.30. The van der Waals surface area contributed by atoms with Gasteiger partial charge in [0.2, 0.25) is 0 Å². The van der Waals surface area contributed by atoms with Gasteiger partial charge >= 0.3 is 0 Å². The van der Waals surface area contributed by atoms with Gasteiger partial charge in [-0.2, -0.15) is 0 Å². The molecule has 0 atom stereocenters. The van der Waals surface area contributed by atoms with Crippen molar-refractivity contribution in [1.82, 2.24) is 9.97 Å². The molecule has 0 spiro atoms. The minimum absolute atomic E-state index is 0.464. The summed E-state index contributed by atoms with van der Waals surface area (Å²) in [5.41, 5.74) is 1.01. The molecule has 0 saturated carbocycles. The zero-order chi connectivity index (χ0) is 16.2. The molecule has 0 saturated heterocycles. The standard InChI is InChI=1S/C17H16ClN3O2/c1-22-13-4-3-12(15(8-13)23-2)9-21-17-14-10-20-16(18)7-11(14)5-6-19-17/h3-8,10H,9H2,1-2H3,(H,19,21). The Labute approximate surface area is 139 Å². The van der Waals surface area contributed by atoms with Gasteiger partial charge < -0.3 is 14.8 Å². The Kier molecular flexibility index (Phi) is 4.48. The minimum Gasteiger partial charge on any atom is -0.497 e. The van der Waals surface area contributed by atoms with Crippen LogP contribution in [0.4, 0.5) is 5.82 Å². The lowest BCUT2D eigenvalue weighted by molar-refractivity contribution is 0.391. The second kappa shape index (κ2) is 6.71. The number of fused-ring (bicyclic) bond motifs is 1. The van der Waals surface area contributed by atoms with Crippen LogP contribution >= 0.6 is 11.6 Å². The van der Waals surface area contributed by atoms with E-state index in [-0.39, 0.29) is 0 Å². The van der Waals surface area contributed by atoms with Crippen LogP contribution in [0.3, 0.4) is 0 Å². The molecule has 23 heavy (non-hydrogen) atoms. The summed E-state index contributed by atoms with van der Waals surface area (Å²) >= 11 is 5.93. The van der Waals surface area contributed by atoms with Gasteiger partial charge in [0.25, 0.3) is 0 Å². The number of hydrogen-bond acceptors (Lipinski definition) is 5. The first-order chi connectivity index (χ1) is 11.2. The van der Waals surface area contributed by atoms with E-state index in [1.54, 1.807) is 26.6 Å². The number of nitrogens with zero attached hydrogens (tertiary/aromatic N) is 2. The van der Waals surface area contributed by atoms with Crippen LogP contribution in [-0.4, -0.2) is 24.2 Å². The van der Waals surface area contributed by atoms with Crippen LogP contribution in [0.2, 0.25) is 5.15 Å². The van der Waals surface area contributed by atoms with Crippen molar-refractivity contribution in [3.05, 3.63) is 53.4 Å². The molecule has 0 aliphatic heterocycles. The van der Waals surface area contributed by atoms with E-state index in [4.69, 9.17) is 21.1 Å². The Hall–Kier alpha value is -2.53. The van der Waals surface area contributed by atoms with Gasteiger partial charge in [-0.1, -0.05) is 11.6 Å². The molecule has 1 aromatic carbocycles. The van der Waals surface area contributed by atoms with E-state index in [0.717, 1.165) is 33.7 Å². The number of rotatable bonds is 5. The lowest BCUT2D eigenvalue weighted by Gasteiger charge is -2.12. The summed E-state index contributed by atoms with van der Waals surface area (Å²) in [5.74, 6) is 2.27. The van der Waals surface area contributed by atoms with Crippen molar-refractivity contribution in [3.63, 3.8) is 0 Å². The third-order valence-corrected chi connectivity index (χ3v) is 3.76. The van der Waals surface area contributed by atoms with Crippen LogP contribution in [-0.2, 0) is 6.54 Å². The van der Waals surface area contributed by atoms with Gasteiger partial charge in [-0.3, -0.25) is 0 Å². The van der Waals surface area contributed by atoms with E-state index in [1.165, 1.54) is 0 Å². The predicted molar refractivity (Wildman–Crippen MR) is 91.4 cm³/mol. The molecule has 2 heterocycles.